The van der Waals surface area contributed by atoms with Crippen molar-refractivity contribution in [3.8, 4) is 5.75 Å². The Morgan fingerprint density at radius 1 is 1.17 bits per heavy atom. The Kier molecular flexibility index (Phi) is 4.85. The molecule has 0 spiro atoms. The van der Waals surface area contributed by atoms with Gasteiger partial charge in [-0.2, -0.15) is 4.31 Å². The summed E-state index contributed by atoms with van der Waals surface area (Å²) in [5.41, 5.74) is 6.47. The number of sulfonamides is 1. The summed E-state index contributed by atoms with van der Waals surface area (Å²) < 4.78 is 32.9. The number of nitrogens with zero attached hydrogens (tertiary/aromatic N) is 1. The summed E-state index contributed by atoms with van der Waals surface area (Å²) in [5, 5.41) is 0.0553. The largest absolute Gasteiger partial charge is 0.542 e. The van der Waals surface area contributed by atoms with Crippen LogP contribution in [0.25, 0.3) is 0 Å². The summed E-state index contributed by atoms with van der Waals surface area (Å²) in [6, 6.07) is 4.82. The molecule has 1 aromatic rings. The molecule has 1 aliphatic rings. The fraction of sp³-hybridized carbons (Fsp3) is 0.625. The highest BCUT2D eigenvalue weighted by atomic mass is 32.2. The lowest BCUT2D eigenvalue weighted by Crippen LogP contribution is -2.44. The predicted molar refractivity (Wildman–Crippen MR) is 96.7 cm³/mol. The monoisotopic (exact) mass is 356 g/mol. The summed E-state index contributed by atoms with van der Waals surface area (Å²) in [6.45, 7) is 11.9. The van der Waals surface area contributed by atoms with Gasteiger partial charge in [-0.25, -0.2) is 8.42 Å². The lowest BCUT2D eigenvalue weighted by molar-refractivity contribution is 0.476. The van der Waals surface area contributed by atoms with Gasteiger partial charge in [-0.3, -0.25) is 0 Å². The molecule has 23 heavy (non-hydrogen) atoms. The molecule has 1 saturated heterocycles. The SMILES string of the molecule is CC(C)(C)[Si](C)(C)Oc1ccc(S(=O)(=O)N2CCCC2)cc1N. The van der Waals surface area contributed by atoms with Crippen LogP contribution in [0.15, 0.2) is 23.1 Å². The molecule has 2 rings (SSSR count). The fourth-order valence-electron chi connectivity index (χ4n) is 2.29. The number of nitrogens with two attached hydrogens (primary N) is 1. The molecule has 1 heterocycles. The van der Waals surface area contributed by atoms with Gasteiger partial charge in [-0.1, -0.05) is 20.8 Å². The summed E-state index contributed by atoms with van der Waals surface area (Å²) >= 11 is 0. The number of hydrogen-bond donors (Lipinski definition) is 1. The highest BCUT2D eigenvalue weighted by Gasteiger charge is 2.39. The Bertz CT molecular complexity index is 675. The predicted octanol–water partition coefficient (Wildman–Crippen LogP) is 3.44. The Labute approximate surface area is 141 Å². The van der Waals surface area contributed by atoms with Crippen LogP contribution < -0.4 is 10.2 Å². The van der Waals surface area contributed by atoms with E-state index in [2.05, 4.69) is 33.9 Å². The molecule has 1 aliphatic heterocycles. The van der Waals surface area contributed by atoms with Gasteiger partial charge in [0, 0.05) is 13.1 Å². The molecule has 130 valence electrons. The molecule has 5 nitrogen and oxygen atoms in total. The molecule has 1 aromatic carbocycles. The quantitative estimate of drug-likeness (QED) is 0.662. The summed E-state index contributed by atoms with van der Waals surface area (Å²) in [7, 11) is -5.45. The maximum absolute atomic E-state index is 12.6. The third kappa shape index (κ3) is 3.72. The fourth-order valence-corrected chi connectivity index (χ4v) is 4.88. The van der Waals surface area contributed by atoms with E-state index >= 15 is 0 Å². The molecule has 2 N–H and O–H groups in total. The normalized spacial score (nSPS) is 17.4. The lowest BCUT2D eigenvalue weighted by atomic mass is 10.2. The van der Waals surface area contributed by atoms with Crippen molar-refractivity contribution in [2.45, 2.75) is 56.6 Å². The van der Waals surface area contributed by atoms with E-state index in [0.717, 1.165) is 12.8 Å². The molecule has 0 saturated carbocycles. The molecule has 0 bridgehead atoms. The van der Waals surface area contributed by atoms with Crippen LogP contribution in [-0.4, -0.2) is 34.1 Å². The minimum atomic E-state index is -3.44. The van der Waals surface area contributed by atoms with E-state index in [1.807, 2.05) is 0 Å². The van der Waals surface area contributed by atoms with Gasteiger partial charge in [-0.15, -0.1) is 0 Å². The van der Waals surface area contributed by atoms with E-state index in [1.165, 1.54) is 10.4 Å². The zero-order chi connectivity index (χ0) is 17.5. The van der Waals surface area contributed by atoms with E-state index < -0.39 is 18.3 Å². The highest BCUT2D eigenvalue weighted by Crippen LogP contribution is 2.39. The molecule has 7 heteroatoms. The Hall–Kier alpha value is -1.05. The lowest BCUT2D eigenvalue weighted by Gasteiger charge is -2.36. The van der Waals surface area contributed by atoms with Gasteiger partial charge in [0.2, 0.25) is 10.0 Å². The number of nitrogen functional groups attached to an aromatic ring is 1. The zero-order valence-corrected chi connectivity index (χ0v) is 16.5. The first-order chi connectivity index (χ1) is 10.4. The zero-order valence-electron chi connectivity index (χ0n) is 14.7. The Morgan fingerprint density at radius 2 is 1.74 bits per heavy atom. The number of rotatable bonds is 4. The molecule has 0 aliphatic carbocycles. The van der Waals surface area contributed by atoms with Gasteiger partial charge in [0.1, 0.15) is 5.75 Å². The first kappa shape index (κ1) is 18.3. The van der Waals surface area contributed by atoms with E-state index in [-0.39, 0.29) is 9.93 Å². The number of anilines is 1. The second-order valence-electron chi connectivity index (χ2n) is 7.67. The molecule has 0 aromatic heterocycles. The summed E-state index contributed by atoms with van der Waals surface area (Å²) in [5.74, 6) is 0.581. The second kappa shape index (κ2) is 6.11. The van der Waals surface area contributed by atoms with Gasteiger partial charge in [0.25, 0.3) is 8.32 Å². The van der Waals surface area contributed by atoms with Crippen LogP contribution in [0.3, 0.4) is 0 Å². The first-order valence-electron chi connectivity index (χ1n) is 8.04. The maximum Gasteiger partial charge on any atom is 0.250 e. The highest BCUT2D eigenvalue weighted by molar-refractivity contribution is 7.89. The summed E-state index contributed by atoms with van der Waals surface area (Å²) in [6.07, 6.45) is 1.84. The Morgan fingerprint density at radius 3 is 2.22 bits per heavy atom. The van der Waals surface area contributed by atoms with Crippen molar-refractivity contribution in [1.29, 1.82) is 0 Å². The van der Waals surface area contributed by atoms with Crippen LogP contribution in [-0.2, 0) is 10.0 Å². The third-order valence-corrected chi connectivity index (χ3v) is 11.1. The minimum Gasteiger partial charge on any atom is -0.542 e. The molecule has 0 atom stereocenters. The van der Waals surface area contributed by atoms with Gasteiger partial charge in [0.15, 0.2) is 0 Å². The maximum atomic E-state index is 12.6. The number of hydrogen-bond acceptors (Lipinski definition) is 4. The summed E-state index contributed by atoms with van der Waals surface area (Å²) in [4.78, 5) is 0.250. The van der Waals surface area contributed by atoms with Crippen LogP contribution in [0.1, 0.15) is 33.6 Å². The number of benzene rings is 1. The van der Waals surface area contributed by atoms with Crippen molar-refractivity contribution in [2.24, 2.45) is 0 Å². The van der Waals surface area contributed by atoms with Gasteiger partial charge in [0.05, 0.1) is 10.6 Å². The molecule has 0 radical (unpaired) electrons. The molecule has 0 unspecified atom stereocenters. The molecule has 0 amide bonds. The minimum absolute atomic E-state index is 0.0553. The van der Waals surface area contributed by atoms with E-state index in [1.54, 1.807) is 12.1 Å². The van der Waals surface area contributed by atoms with Crippen molar-refractivity contribution in [1.82, 2.24) is 4.31 Å². The van der Waals surface area contributed by atoms with E-state index in [4.69, 9.17) is 10.2 Å². The van der Waals surface area contributed by atoms with Gasteiger partial charge in [-0.05, 0) is 49.2 Å². The van der Waals surface area contributed by atoms with Crippen LogP contribution in [0.4, 0.5) is 5.69 Å². The van der Waals surface area contributed by atoms with Gasteiger partial charge >= 0.3 is 0 Å². The van der Waals surface area contributed by atoms with Crippen molar-refractivity contribution in [2.75, 3.05) is 18.8 Å². The average Bonchev–Trinajstić information content (AvgIpc) is 2.94. The van der Waals surface area contributed by atoms with Crippen LogP contribution in [0.5, 0.6) is 5.75 Å². The van der Waals surface area contributed by atoms with Gasteiger partial charge < -0.3 is 10.2 Å². The Balaban J connectivity index is 2.28. The van der Waals surface area contributed by atoms with E-state index in [9.17, 15) is 8.42 Å². The average molecular weight is 357 g/mol. The second-order valence-corrected chi connectivity index (χ2v) is 14.3. The third-order valence-electron chi connectivity index (χ3n) is 4.86. The first-order valence-corrected chi connectivity index (χ1v) is 12.4. The van der Waals surface area contributed by atoms with Crippen molar-refractivity contribution in [3.05, 3.63) is 18.2 Å². The van der Waals surface area contributed by atoms with Crippen LogP contribution in [0, 0.1) is 0 Å². The van der Waals surface area contributed by atoms with Crippen molar-refractivity contribution >= 4 is 24.0 Å². The standard InChI is InChI=1S/C16H28N2O3SSi/c1-16(2,3)23(4,5)21-15-9-8-13(12-14(15)17)22(19,20)18-10-6-7-11-18/h8-9,12H,6-7,10-11,17H2,1-5H3. The topological polar surface area (TPSA) is 72.6 Å². The van der Waals surface area contributed by atoms with Crippen LogP contribution in [0.2, 0.25) is 18.1 Å². The molecular weight excluding hydrogens is 328 g/mol. The smallest absolute Gasteiger partial charge is 0.250 e. The molecule has 1 fully saturated rings. The molecular formula is C16H28N2O3SSi. The van der Waals surface area contributed by atoms with Crippen molar-refractivity contribution < 1.29 is 12.8 Å². The van der Waals surface area contributed by atoms with Crippen LogP contribution >= 0.6 is 0 Å². The van der Waals surface area contributed by atoms with Crippen molar-refractivity contribution in [3.63, 3.8) is 0 Å². The van der Waals surface area contributed by atoms with E-state index in [0.29, 0.717) is 24.5 Å².